The number of benzene rings is 1. The Morgan fingerprint density at radius 1 is 1.44 bits per heavy atom. The Hall–Kier alpha value is -1.86. The van der Waals surface area contributed by atoms with E-state index >= 15 is 0 Å². The minimum atomic E-state index is -0.290. The molecule has 0 saturated heterocycles. The third-order valence-corrected chi connectivity index (χ3v) is 3.55. The summed E-state index contributed by atoms with van der Waals surface area (Å²) in [6.07, 6.45) is 1.81. The molecular formula is C14H17N3O. The summed E-state index contributed by atoms with van der Waals surface area (Å²) in [6.45, 7) is 0.996. The van der Waals surface area contributed by atoms with Gasteiger partial charge in [-0.3, -0.25) is 4.79 Å². The molecule has 0 unspecified atom stereocenters. The van der Waals surface area contributed by atoms with Crippen LogP contribution in [0.25, 0.3) is 0 Å². The molecule has 1 aromatic rings. The number of rotatable bonds is 4. The van der Waals surface area contributed by atoms with Gasteiger partial charge in [0.2, 0.25) is 5.91 Å². The maximum absolute atomic E-state index is 12.2. The summed E-state index contributed by atoms with van der Waals surface area (Å²) < 4.78 is 0. The van der Waals surface area contributed by atoms with Gasteiger partial charge in [-0.2, -0.15) is 5.26 Å². The summed E-state index contributed by atoms with van der Waals surface area (Å²) in [5, 5.41) is 8.72. The molecule has 0 bridgehead atoms. The van der Waals surface area contributed by atoms with Crippen LogP contribution in [0.3, 0.4) is 0 Å². The molecule has 2 rings (SSSR count). The van der Waals surface area contributed by atoms with Crippen molar-refractivity contribution >= 4 is 5.91 Å². The van der Waals surface area contributed by atoms with Crippen molar-refractivity contribution in [3.63, 3.8) is 0 Å². The van der Waals surface area contributed by atoms with Crippen LogP contribution in [0.2, 0.25) is 0 Å². The molecule has 2 N–H and O–H groups in total. The Kier molecular flexibility index (Phi) is 3.35. The van der Waals surface area contributed by atoms with Gasteiger partial charge in [-0.05, 0) is 30.5 Å². The summed E-state index contributed by atoms with van der Waals surface area (Å²) in [5.74, 6) is 0.134. The van der Waals surface area contributed by atoms with Gasteiger partial charge in [0, 0.05) is 20.1 Å². The predicted octanol–water partition coefficient (Wildman–Crippen LogP) is 1.26. The molecule has 0 heterocycles. The van der Waals surface area contributed by atoms with Crippen LogP contribution >= 0.6 is 0 Å². The van der Waals surface area contributed by atoms with E-state index in [9.17, 15) is 4.79 Å². The van der Waals surface area contributed by atoms with Gasteiger partial charge in [-0.15, -0.1) is 0 Å². The summed E-state index contributed by atoms with van der Waals surface area (Å²) in [7, 11) is 1.80. The van der Waals surface area contributed by atoms with E-state index in [1.165, 1.54) is 0 Å². The minimum Gasteiger partial charge on any atom is -0.341 e. The first kappa shape index (κ1) is 12.6. The average Bonchev–Trinajstić information content (AvgIpc) is 3.19. The van der Waals surface area contributed by atoms with Gasteiger partial charge in [0.25, 0.3) is 0 Å². The Bertz CT molecular complexity index is 483. The van der Waals surface area contributed by atoms with Crippen molar-refractivity contribution in [1.82, 2.24) is 4.90 Å². The maximum atomic E-state index is 12.2. The Morgan fingerprint density at radius 2 is 2.06 bits per heavy atom. The third-order valence-electron chi connectivity index (χ3n) is 3.55. The van der Waals surface area contributed by atoms with Gasteiger partial charge in [0.05, 0.1) is 17.0 Å². The molecule has 1 saturated carbocycles. The van der Waals surface area contributed by atoms with Crippen molar-refractivity contribution in [2.75, 3.05) is 13.6 Å². The van der Waals surface area contributed by atoms with Crippen molar-refractivity contribution in [1.29, 1.82) is 5.26 Å². The van der Waals surface area contributed by atoms with Crippen LogP contribution in [0, 0.1) is 16.7 Å². The standard InChI is InChI=1S/C14H17N3O/c1-17(13(18)14(10-16)6-7-14)9-12-4-2-11(8-15)3-5-12/h2-5H,6-7,9-10,16H2,1H3. The highest BCUT2D eigenvalue weighted by atomic mass is 16.2. The Balaban J connectivity index is 2.00. The van der Waals surface area contributed by atoms with Gasteiger partial charge >= 0.3 is 0 Å². The first-order valence-electron chi connectivity index (χ1n) is 6.06. The lowest BCUT2D eigenvalue weighted by Crippen LogP contribution is -2.37. The van der Waals surface area contributed by atoms with Gasteiger partial charge in [-0.25, -0.2) is 0 Å². The molecule has 94 valence electrons. The molecule has 0 aromatic heterocycles. The molecule has 4 heteroatoms. The van der Waals surface area contributed by atoms with Crippen LogP contribution in [0.1, 0.15) is 24.0 Å². The fraction of sp³-hybridized carbons (Fsp3) is 0.429. The van der Waals surface area contributed by atoms with Crippen molar-refractivity contribution in [2.24, 2.45) is 11.1 Å². The molecule has 0 spiro atoms. The Morgan fingerprint density at radius 3 is 2.50 bits per heavy atom. The second kappa shape index (κ2) is 4.79. The van der Waals surface area contributed by atoms with Crippen molar-refractivity contribution in [3.05, 3.63) is 35.4 Å². The average molecular weight is 243 g/mol. The van der Waals surface area contributed by atoms with Gasteiger partial charge in [0.1, 0.15) is 0 Å². The zero-order valence-corrected chi connectivity index (χ0v) is 10.5. The predicted molar refractivity (Wildman–Crippen MR) is 68.4 cm³/mol. The van der Waals surface area contributed by atoms with E-state index in [1.54, 1.807) is 24.1 Å². The number of carbonyl (C=O) groups is 1. The molecule has 1 aliphatic carbocycles. The van der Waals surface area contributed by atoms with E-state index in [1.807, 2.05) is 12.1 Å². The molecule has 1 fully saturated rings. The van der Waals surface area contributed by atoms with Gasteiger partial charge < -0.3 is 10.6 Å². The van der Waals surface area contributed by atoms with E-state index in [4.69, 9.17) is 11.0 Å². The van der Waals surface area contributed by atoms with E-state index in [0.717, 1.165) is 18.4 Å². The van der Waals surface area contributed by atoms with Gasteiger partial charge in [0.15, 0.2) is 0 Å². The zero-order chi connectivity index (χ0) is 13.2. The summed E-state index contributed by atoms with van der Waals surface area (Å²) in [6, 6.07) is 9.37. The molecule has 1 amide bonds. The molecule has 1 aromatic carbocycles. The molecule has 0 radical (unpaired) electrons. The van der Waals surface area contributed by atoms with Crippen LogP contribution in [0.15, 0.2) is 24.3 Å². The van der Waals surface area contributed by atoms with Crippen molar-refractivity contribution in [3.8, 4) is 6.07 Å². The van der Waals surface area contributed by atoms with Crippen molar-refractivity contribution in [2.45, 2.75) is 19.4 Å². The number of nitrogens with zero attached hydrogens (tertiary/aromatic N) is 2. The van der Waals surface area contributed by atoms with Crippen molar-refractivity contribution < 1.29 is 4.79 Å². The fourth-order valence-corrected chi connectivity index (χ4v) is 2.09. The van der Waals surface area contributed by atoms with E-state index < -0.39 is 0 Å². The Labute approximate surface area is 107 Å². The second-order valence-electron chi connectivity index (χ2n) is 4.95. The number of nitriles is 1. The number of hydrogen-bond donors (Lipinski definition) is 1. The lowest BCUT2D eigenvalue weighted by Gasteiger charge is -2.22. The van der Waals surface area contributed by atoms with Crippen LogP contribution in [0.4, 0.5) is 0 Å². The highest BCUT2D eigenvalue weighted by molar-refractivity contribution is 5.85. The smallest absolute Gasteiger partial charge is 0.230 e. The van der Waals surface area contributed by atoms with Crippen LogP contribution in [-0.4, -0.2) is 24.4 Å². The maximum Gasteiger partial charge on any atom is 0.230 e. The number of hydrogen-bond acceptors (Lipinski definition) is 3. The fourth-order valence-electron chi connectivity index (χ4n) is 2.09. The molecule has 1 aliphatic rings. The first-order chi connectivity index (χ1) is 8.61. The van der Waals surface area contributed by atoms with Crippen LogP contribution in [-0.2, 0) is 11.3 Å². The van der Waals surface area contributed by atoms with E-state index in [2.05, 4.69) is 6.07 Å². The summed E-state index contributed by atoms with van der Waals surface area (Å²) >= 11 is 0. The topological polar surface area (TPSA) is 70.1 Å². The first-order valence-corrected chi connectivity index (χ1v) is 6.06. The van der Waals surface area contributed by atoms with Crippen LogP contribution in [0.5, 0.6) is 0 Å². The van der Waals surface area contributed by atoms with Crippen LogP contribution < -0.4 is 5.73 Å². The molecular weight excluding hydrogens is 226 g/mol. The molecule has 18 heavy (non-hydrogen) atoms. The number of carbonyl (C=O) groups excluding carboxylic acids is 1. The number of amides is 1. The molecule has 0 aliphatic heterocycles. The monoisotopic (exact) mass is 243 g/mol. The highest BCUT2D eigenvalue weighted by Gasteiger charge is 2.49. The zero-order valence-electron chi connectivity index (χ0n) is 10.5. The third kappa shape index (κ3) is 2.36. The largest absolute Gasteiger partial charge is 0.341 e. The quantitative estimate of drug-likeness (QED) is 0.865. The lowest BCUT2D eigenvalue weighted by molar-refractivity contribution is -0.135. The minimum absolute atomic E-state index is 0.134. The SMILES string of the molecule is CN(Cc1ccc(C#N)cc1)C(=O)C1(CN)CC1. The van der Waals surface area contributed by atoms with Gasteiger partial charge in [-0.1, -0.05) is 12.1 Å². The van der Waals surface area contributed by atoms with E-state index in [-0.39, 0.29) is 11.3 Å². The molecule has 0 atom stereocenters. The second-order valence-corrected chi connectivity index (χ2v) is 4.95. The molecule has 4 nitrogen and oxygen atoms in total. The number of nitrogens with two attached hydrogens (primary N) is 1. The summed E-state index contributed by atoms with van der Waals surface area (Å²) in [5.41, 5.74) is 7.02. The van der Waals surface area contributed by atoms with E-state index in [0.29, 0.717) is 18.7 Å². The summed E-state index contributed by atoms with van der Waals surface area (Å²) in [4.78, 5) is 13.9. The lowest BCUT2D eigenvalue weighted by atomic mass is 10.1. The highest BCUT2D eigenvalue weighted by Crippen LogP contribution is 2.46. The normalized spacial score (nSPS) is 15.8.